The van der Waals surface area contributed by atoms with Gasteiger partial charge in [0.25, 0.3) is 0 Å². The van der Waals surface area contributed by atoms with Crippen molar-refractivity contribution >= 4 is 11.6 Å². The molecular weight excluding hydrogens is 230 g/mol. The van der Waals surface area contributed by atoms with E-state index in [1.165, 1.54) is 0 Å². The molecule has 2 aromatic heterocycles. The van der Waals surface area contributed by atoms with Gasteiger partial charge in [0.2, 0.25) is 0 Å². The summed E-state index contributed by atoms with van der Waals surface area (Å²) in [5, 5.41) is 7.63. The molecule has 0 saturated heterocycles. The van der Waals surface area contributed by atoms with Crippen LogP contribution in [0.25, 0.3) is 5.65 Å². The lowest BCUT2D eigenvalue weighted by Gasteiger charge is -2.04. The molecule has 0 fully saturated rings. The summed E-state index contributed by atoms with van der Waals surface area (Å²) in [4.78, 5) is 11.8. The standard InChI is InChI=1S/C13H9N3O2/c17-13(10-4-2-1-3-5-10)18-11-6-7-16-9-14-15-12(16)8-11/h1-9H. The number of carbonyl (C=O) groups excluding carboxylic acids is 1. The minimum Gasteiger partial charge on any atom is -0.423 e. The van der Waals surface area contributed by atoms with E-state index in [2.05, 4.69) is 10.2 Å². The molecule has 0 aliphatic heterocycles. The quantitative estimate of drug-likeness (QED) is 0.641. The van der Waals surface area contributed by atoms with E-state index in [9.17, 15) is 4.79 Å². The van der Waals surface area contributed by atoms with E-state index >= 15 is 0 Å². The highest BCUT2D eigenvalue weighted by Gasteiger charge is 2.08. The van der Waals surface area contributed by atoms with Crippen LogP contribution < -0.4 is 4.74 Å². The molecule has 18 heavy (non-hydrogen) atoms. The molecule has 2 heterocycles. The Morgan fingerprint density at radius 1 is 1.17 bits per heavy atom. The van der Waals surface area contributed by atoms with E-state index in [1.54, 1.807) is 53.3 Å². The van der Waals surface area contributed by atoms with Gasteiger partial charge in [-0.05, 0) is 18.2 Å². The second-order valence-corrected chi connectivity index (χ2v) is 3.71. The first-order valence-corrected chi connectivity index (χ1v) is 5.39. The minimum atomic E-state index is -0.389. The first-order valence-electron chi connectivity index (χ1n) is 5.39. The lowest BCUT2D eigenvalue weighted by atomic mass is 10.2. The molecular formula is C13H9N3O2. The molecule has 0 unspecified atom stereocenters. The maximum absolute atomic E-state index is 11.8. The number of esters is 1. The first-order chi connectivity index (χ1) is 8.83. The number of rotatable bonds is 2. The third-order valence-electron chi connectivity index (χ3n) is 2.49. The van der Waals surface area contributed by atoms with Crippen LogP contribution in [0.1, 0.15) is 10.4 Å². The van der Waals surface area contributed by atoms with E-state index in [4.69, 9.17) is 4.74 Å². The van der Waals surface area contributed by atoms with Gasteiger partial charge in [-0.3, -0.25) is 4.40 Å². The van der Waals surface area contributed by atoms with Crippen molar-refractivity contribution in [3.05, 3.63) is 60.6 Å². The summed E-state index contributed by atoms with van der Waals surface area (Å²) in [6.07, 6.45) is 3.32. The average molecular weight is 239 g/mol. The Bertz CT molecular complexity index is 692. The molecule has 0 atom stereocenters. The largest absolute Gasteiger partial charge is 0.423 e. The Kier molecular flexibility index (Phi) is 2.49. The Morgan fingerprint density at radius 3 is 2.83 bits per heavy atom. The van der Waals surface area contributed by atoms with Crippen LogP contribution in [0.4, 0.5) is 0 Å². The van der Waals surface area contributed by atoms with Crippen LogP contribution in [0, 0.1) is 0 Å². The highest BCUT2D eigenvalue weighted by atomic mass is 16.5. The lowest BCUT2D eigenvalue weighted by Crippen LogP contribution is -2.08. The number of fused-ring (bicyclic) bond motifs is 1. The van der Waals surface area contributed by atoms with E-state index in [0.29, 0.717) is 17.0 Å². The predicted molar refractivity (Wildman–Crippen MR) is 64.4 cm³/mol. The van der Waals surface area contributed by atoms with E-state index < -0.39 is 0 Å². The summed E-state index contributed by atoms with van der Waals surface area (Å²) >= 11 is 0. The van der Waals surface area contributed by atoms with Gasteiger partial charge in [-0.2, -0.15) is 0 Å². The van der Waals surface area contributed by atoms with Gasteiger partial charge in [0, 0.05) is 12.3 Å². The fourth-order valence-electron chi connectivity index (χ4n) is 1.60. The summed E-state index contributed by atoms with van der Waals surface area (Å²) in [5.41, 5.74) is 1.15. The maximum Gasteiger partial charge on any atom is 0.343 e. The predicted octanol–water partition coefficient (Wildman–Crippen LogP) is 1.95. The topological polar surface area (TPSA) is 56.5 Å². The van der Waals surface area contributed by atoms with Gasteiger partial charge >= 0.3 is 5.97 Å². The van der Waals surface area contributed by atoms with Gasteiger partial charge in [-0.15, -0.1) is 10.2 Å². The molecule has 3 rings (SSSR count). The molecule has 0 bridgehead atoms. The molecule has 0 radical (unpaired) electrons. The summed E-state index contributed by atoms with van der Waals surface area (Å²) in [6, 6.07) is 12.2. The van der Waals surface area contributed by atoms with Crippen molar-refractivity contribution in [2.45, 2.75) is 0 Å². The number of hydrogen-bond donors (Lipinski definition) is 0. The zero-order chi connectivity index (χ0) is 12.4. The van der Waals surface area contributed by atoms with Crippen LogP contribution >= 0.6 is 0 Å². The van der Waals surface area contributed by atoms with Crippen molar-refractivity contribution in [1.82, 2.24) is 14.6 Å². The minimum absolute atomic E-state index is 0.389. The first kappa shape index (κ1) is 10.5. The molecule has 1 aromatic carbocycles. The number of hydrogen-bond acceptors (Lipinski definition) is 4. The molecule has 3 aromatic rings. The van der Waals surface area contributed by atoms with Crippen LogP contribution in [0.2, 0.25) is 0 Å². The Labute approximate surface area is 103 Å². The fourth-order valence-corrected chi connectivity index (χ4v) is 1.60. The van der Waals surface area contributed by atoms with Crippen molar-refractivity contribution in [2.75, 3.05) is 0 Å². The lowest BCUT2D eigenvalue weighted by molar-refractivity contribution is 0.0735. The summed E-state index contributed by atoms with van der Waals surface area (Å²) in [7, 11) is 0. The van der Waals surface area contributed by atoms with Crippen molar-refractivity contribution in [3.63, 3.8) is 0 Å². The fraction of sp³-hybridized carbons (Fsp3) is 0. The molecule has 0 aliphatic carbocycles. The molecule has 0 aliphatic rings. The smallest absolute Gasteiger partial charge is 0.343 e. The normalized spacial score (nSPS) is 10.4. The van der Waals surface area contributed by atoms with Crippen LogP contribution in [0.5, 0.6) is 5.75 Å². The van der Waals surface area contributed by atoms with Gasteiger partial charge in [0.15, 0.2) is 5.65 Å². The molecule has 0 N–H and O–H groups in total. The SMILES string of the molecule is O=C(Oc1ccn2cnnc2c1)c1ccccc1. The number of aromatic nitrogens is 3. The Balaban J connectivity index is 1.86. The Morgan fingerprint density at radius 2 is 2.00 bits per heavy atom. The van der Waals surface area contributed by atoms with Gasteiger partial charge in [0.05, 0.1) is 5.56 Å². The van der Waals surface area contributed by atoms with Crippen molar-refractivity contribution < 1.29 is 9.53 Å². The van der Waals surface area contributed by atoms with Crippen LogP contribution in [-0.2, 0) is 0 Å². The number of ether oxygens (including phenoxy) is 1. The third-order valence-corrected chi connectivity index (χ3v) is 2.49. The van der Waals surface area contributed by atoms with Crippen LogP contribution in [0.3, 0.4) is 0 Å². The Hall–Kier alpha value is -2.69. The highest BCUT2D eigenvalue weighted by molar-refractivity contribution is 5.91. The molecule has 5 nitrogen and oxygen atoms in total. The zero-order valence-electron chi connectivity index (χ0n) is 9.35. The molecule has 88 valence electrons. The third kappa shape index (κ3) is 1.93. The van der Waals surface area contributed by atoms with Crippen molar-refractivity contribution in [2.24, 2.45) is 0 Å². The zero-order valence-corrected chi connectivity index (χ0v) is 9.35. The van der Waals surface area contributed by atoms with Crippen molar-refractivity contribution in [3.8, 4) is 5.75 Å². The average Bonchev–Trinajstić information content (AvgIpc) is 2.87. The van der Waals surface area contributed by atoms with Crippen molar-refractivity contribution in [1.29, 1.82) is 0 Å². The van der Waals surface area contributed by atoms with Crippen LogP contribution in [0.15, 0.2) is 55.0 Å². The second kappa shape index (κ2) is 4.29. The van der Waals surface area contributed by atoms with Gasteiger partial charge in [-0.25, -0.2) is 4.79 Å². The molecule has 0 spiro atoms. The summed E-state index contributed by atoms with van der Waals surface area (Å²) in [6.45, 7) is 0. The second-order valence-electron chi connectivity index (χ2n) is 3.71. The number of nitrogens with zero attached hydrogens (tertiary/aromatic N) is 3. The van der Waals surface area contributed by atoms with E-state index in [-0.39, 0.29) is 5.97 Å². The molecule has 5 heteroatoms. The number of carbonyl (C=O) groups is 1. The monoisotopic (exact) mass is 239 g/mol. The summed E-state index contributed by atoms with van der Waals surface area (Å²) < 4.78 is 6.99. The summed E-state index contributed by atoms with van der Waals surface area (Å²) in [5.74, 6) is 0.0591. The molecule has 0 saturated carbocycles. The maximum atomic E-state index is 11.8. The van der Waals surface area contributed by atoms with Gasteiger partial charge < -0.3 is 4.74 Å². The van der Waals surface area contributed by atoms with E-state index in [0.717, 1.165) is 0 Å². The van der Waals surface area contributed by atoms with Gasteiger partial charge in [-0.1, -0.05) is 18.2 Å². The number of benzene rings is 1. The van der Waals surface area contributed by atoms with E-state index in [1.807, 2.05) is 6.07 Å². The van der Waals surface area contributed by atoms with Crippen LogP contribution in [-0.4, -0.2) is 20.6 Å². The number of pyridine rings is 1. The molecule has 0 amide bonds. The highest BCUT2D eigenvalue weighted by Crippen LogP contribution is 2.14. The van der Waals surface area contributed by atoms with Gasteiger partial charge in [0.1, 0.15) is 12.1 Å².